The first-order valence-corrected chi connectivity index (χ1v) is 23.9. The summed E-state index contributed by atoms with van der Waals surface area (Å²) in [6.45, 7) is 2.20. The second-order valence-electron chi connectivity index (χ2n) is 18.9. The highest BCUT2D eigenvalue weighted by Crippen LogP contribution is 2.53. The molecule has 4 aliphatic rings. The number of rotatable bonds is 4. The van der Waals surface area contributed by atoms with Crippen LogP contribution in [0.3, 0.4) is 0 Å². The third kappa shape index (κ3) is 4.87. The van der Waals surface area contributed by atoms with E-state index in [9.17, 15) is 0 Å². The van der Waals surface area contributed by atoms with Crippen LogP contribution in [0, 0.1) is 6.92 Å². The van der Waals surface area contributed by atoms with E-state index in [0.29, 0.717) is 0 Å². The standard InChI is InChI=1S/C59H45BN4O2/c1-36-34-47-55-48(35-36)64(46-29-17-33-52-54(46)42-25-11-15-31-50(42)66-52)57-40-23-9-13-27-44(40)62(38-20-6-3-7-21-38)59(57)60(55)58-56(39-22-8-12-26-43(39)61(58)37-18-4-2-5-19-37)63(47)45-28-16-32-51-53(45)41-24-10-14-30-49(41)65-51/h2-7,10-11,14-21,24-25,28-35H,8-9,12-13,22-23,26-27H2,1H3. The minimum atomic E-state index is -0.0923. The maximum atomic E-state index is 6.70. The van der Waals surface area contributed by atoms with Crippen molar-refractivity contribution >= 4 is 101 Å². The van der Waals surface area contributed by atoms with Gasteiger partial charge in [0, 0.05) is 56.1 Å². The van der Waals surface area contributed by atoms with Crippen LogP contribution in [-0.2, 0) is 25.7 Å². The number of aryl methyl sites for hydroxylation is 1. The quantitative estimate of drug-likeness (QED) is 0.165. The van der Waals surface area contributed by atoms with Crippen molar-refractivity contribution in [1.29, 1.82) is 0 Å². The van der Waals surface area contributed by atoms with E-state index in [1.807, 2.05) is 0 Å². The van der Waals surface area contributed by atoms with Crippen molar-refractivity contribution in [2.24, 2.45) is 0 Å². The summed E-state index contributed by atoms with van der Waals surface area (Å²) in [5.74, 6) is 0. The van der Waals surface area contributed by atoms with Crippen LogP contribution in [0.1, 0.15) is 53.8 Å². The van der Waals surface area contributed by atoms with Crippen LogP contribution in [0.25, 0.3) is 55.3 Å². The lowest BCUT2D eigenvalue weighted by molar-refractivity contribution is 0.664. The van der Waals surface area contributed by atoms with E-state index in [-0.39, 0.29) is 6.71 Å². The number of fused-ring (bicyclic) bond motifs is 14. The lowest BCUT2D eigenvalue weighted by atomic mass is 9.36. The van der Waals surface area contributed by atoms with Crippen LogP contribution >= 0.6 is 0 Å². The van der Waals surface area contributed by atoms with Crippen LogP contribution in [0.2, 0.25) is 0 Å². The molecule has 0 atom stereocenters. The van der Waals surface area contributed by atoms with Gasteiger partial charge in [0.05, 0.1) is 33.5 Å². The molecule has 15 rings (SSSR count). The van der Waals surface area contributed by atoms with Gasteiger partial charge in [0.2, 0.25) is 0 Å². The van der Waals surface area contributed by atoms with Crippen LogP contribution in [-0.4, -0.2) is 15.8 Å². The average Bonchev–Trinajstić information content (AvgIpc) is 4.13. The molecule has 0 N–H and O–H groups in total. The molecule has 11 aromatic rings. The first-order chi connectivity index (χ1) is 32.7. The van der Waals surface area contributed by atoms with Gasteiger partial charge in [-0.15, -0.1) is 0 Å². The highest BCUT2D eigenvalue weighted by molar-refractivity contribution is 7.00. The van der Waals surface area contributed by atoms with E-state index < -0.39 is 0 Å². The van der Waals surface area contributed by atoms with Crippen molar-refractivity contribution in [3.05, 3.63) is 186 Å². The molecule has 7 heteroatoms. The lowest BCUT2D eigenvalue weighted by Crippen LogP contribution is -2.64. The minimum absolute atomic E-state index is 0.0923. The number of aromatic nitrogens is 2. The molecule has 0 unspecified atom stereocenters. The molecule has 2 aliphatic carbocycles. The fraction of sp³-hybridized carbons (Fsp3) is 0.153. The van der Waals surface area contributed by atoms with Crippen LogP contribution in [0.4, 0.5) is 34.1 Å². The van der Waals surface area contributed by atoms with E-state index in [2.05, 4.69) is 184 Å². The molecule has 66 heavy (non-hydrogen) atoms. The summed E-state index contributed by atoms with van der Waals surface area (Å²) < 4.78 is 18.8. The summed E-state index contributed by atoms with van der Waals surface area (Å²) in [6.07, 6.45) is 8.79. The summed E-state index contributed by atoms with van der Waals surface area (Å²) in [6, 6.07) is 58.0. The zero-order valence-electron chi connectivity index (χ0n) is 36.9. The van der Waals surface area contributed by atoms with Gasteiger partial charge < -0.3 is 27.8 Å². The number of nitrogens with zero attached hydrogens (tertiary/aromatic N) is 4. The van der Waals surface area contributed by atoms with E-state index in [0.717, 1.165) is 93.8 Å². The highest BCUT2D eigenvalue weighted by atomic mass is 16.3. The Hall–Kier alpha value is -7.64. The molecule has 0 amide bonds. The van der Waals surface area contributed by atoms with Crippen molar-refractivity contribution in [1.82, 2.24) is 9.13 Å². The van der Waals surface area contributed by atoms with Gasteiger partial charge in [-0.3, -0.25) is 0 Å². The second-order valence-corrected chi connectivity index (χ2v) is 18.9. The third-order valence-corrected chi connectivity index (χ3v) is 15.3. The lowest BCUT2D eigenvalue weighted by Gasteiger charge is -2.44. The molecule has 4 aromatic heterocycles. The fourth-order valence-electron chi connectivity index (χ4n) is 12.8. The largest absolute Gasteiger partial charge is 0.456 e. The predicted octanol–water partition coefficient (Wildman–Crippen LogP) is 13.2. The SMILES string of the molecule is Cc1cc2c3c(c1)N(c1cccc4oc5ccccc5c14)c1c4c(n(-c5ccccc5)c1B3c1c(c3c(n1-c1ccccc1)CCCC3)N2c1cccc2oc3ccccc3c12)CCCC4. The van der Waals surface area contributed by atoms with E-state index in [1.165, 1.54) is 91.7 Å². The molecule has 0 spiro atoms. The number of furan rings is 2. The van der Waals surface area contributed by atoms with Crippen LogP contribution in [0.5, 0.6) is 0 Å². The smallest absolute Gasteiger partial charge is 0.294 e. The third-order valence-electron chi connectivity index (χ3n) is 15.3. The molecule has 0 fully saturated rings. The molecule has 0 saturated heterocycles. The zero-order chi connectivity index (χ0) is 43.2. The molecule has 0 saturated carbocycles. The zero-order valence-corrected chi connectivity index (χ0v) is 36.9. The number of para-hydroxylation sites is 4. The van der Waals surface area contributed by atoms with Gasteiger partial charge in [-0.2, -0.15) is 0 Å². The Morgan fingerprint density at radius 3 is 1.33 bits per heavy atom. The summed E-state index contributed by atoms with van der Waals surface area (Å²) in [4.78, 5) is 5.36. The van der Waals surface area contributed by atoms with Gasteiger partial charge >= 0.3 is 0 Å². The van der Waals surface area contributed by atoms with Crippen LogP contribution < -0.4 is 26.4 Å². The Kier molecular flexibility index (Phi) is 7.61. The van der Waals surface area contributed by atoms with Gasteiger partial charge in [-0.1, -0.05) is 84.9 Å². The van der Waals surface area contributed by atoms with E-state index >= 15 is 0 Å². The summed E-state index contributed by atoms with van der Waals surface area (Å²) in [5, 5.41) is 4.57. The van der Waals surface area contributed by atoms with Crippen molar-refractivity contribution in [2.75, 3.05) is 9.80 Å². The second kappa shape index (κ2) is 13.7. The van der Waals surface area contributed by atoms with Gasteiger partial charge in [-0.25, -0.2) is 0 Å². The monoisotopic (exact) mass is 852 g/mol. The minimum Gasteiger partial charge on any atom is -0.456 e. The molecule has 6 heterocycles. The van der Waals surface area contributed by atoms with Gasteiger partial charge in [0.25, 0.3) is 6.71 Å². The molecular weight excluding hydrogens is 807 g/mol. The molecule has 6 nitrogen and oxygen atoms in total. The summed E-state index contributed by atoms with van der Waals surface area (Å²) in [7, 11) is 0. The highest BCUT2D eigenvalue weighted by Gasteiger charge is 2.51. The Labute approximate surface area is 383 Å². The molecule has 316 valence electrons. The Morgan fingerprint density at radius 2 is 0.848 bits per heavy atom. The molecule has 0 radical (unpaired) electrons. The summed E-state index contributed by atoms with van der Waals surface area (Å²) in [5.41, 5.74) is 24.6. The molecule has 2 aliphatic heterocycles. The molecule has 0 bridgehead atoms. The van der Waals surface area contributed by atoms with Gasteiger partial charge in [-0.05, 0) is 153 Å². The number of benzene rings is 7. The topological polar surface area (TPSA) is 42.6 Å². The maximum absolute atomic E-state index is 6.70. The number of anilines is 6. The van der Waals surface area contributed by atoms with E-state index in [1.54, 1.807) is 0 Å². The van der Waals surface area contributed by atoms with Gasteiger partial charge in [0.15, 0.2) is 0 Å². The van der Waals surface area contributed by atoms with Crippen molar-refractivity contribution < 1.29 is 8.83 Å². The first kappa shape index (κ1) is 36.7. The maximum Gasteiger partial charge on any atom is 0.294 e. The summed E-state index contributed by atoms with van der Waals surface area (Å²) >= 11 is 0. The first-order valence-electron chi connectivity index (χ1n) is 23.9. The van der Waals surface area contributed by atoms with Crippen molar-refractivity contribution in [2.45, 2.75) is 58.3 Å². The van der Waals surface area contributed by atoms with Crippen molar-refractivity contribution in [3.8, 4) is 11.4 Å². The van der Waals surface area contributed by atoms with Crippen molar-refractivity contribution in [3.63, 3.8) is 0 Å². The number of hydrogen-bond acceptors (Lipinski definition) is 4. The Bertz CT molecular complexity index is 3570. The van der Waals surface area contributed by atoms with E-state index in [4.69, 9.17) is 8.83 Å². The fourth-order valence-corrected chi connectivity index (χ4v) is 12.8. The molecule has 7 aromatic carbocycles. The van der Waals surface area contributed by atoms with Crippen LogP contribution in [0.15, 0.2) is 167 Å². The normalized spacial score (nSPS) is 15.1. The van der Waals surface area contributed by atoms with Gasteiger partial charge in [0.1, 0.15) is 22.3 Å². The average molecular weight is 853 g/mol. The Balaban J connectivity index is 1.16. The Morgan fingerprint density at radius 1 is 0.424 bits per heavy atom. The predicted molar refractivity (Wildman–Crippen MR) is 272 cm³/mol. The molecular formula is C59H45BN4O2. The number of hydrogen-bond donors (Lipinski definition) is 0.